The molecule has 0 aromatic heterocycles. The summed E-state index contributed by atoms with van der Waals surface area (Å²) in [5.41, 5.74) is 0. The van der Waals surface area contributed by atoms with E-state index in [-0.39, 0.29) is 6.54 Å². The summed E-state index contributed by atoms with van der Waals surface area (Å²) in [5.74, 6) is -0.627. The van der Waals surface area contributed by atoms with Gasteiger partial charge < -0.3 is 19.6 Å². The molecule has 2 aliphatic rings. The highest BCUT2D eigenvalue weighted by Gasteiger charge is 2.37. The Balaban J connectivity index is 1.84. The number of carbonyl (C=O) groups excluding carboxylic acids is 1. The van der Waals surface area contributed by atoms with E-state index in [2.05, 4.69) is 11.8 Å². The Morgan fingerprint density at radius 1 is 1.53 bits per heavy atom. The first-order valence-electron chi connectivity index (χ1n) is 6.01. The van der Waals surface area contributed by atoms with Gasteiger partial charge in [0.1, 0.15) is 0 Å². The summed E-state index contributed by atoms with van der Waals surface area (Å²) in [6.07, 6.45) is -0.423. The van der Waals surface area contributed by atoms with Crippen molar-refractivity contribution in [3.8, 4) is 0 Å². The highest BCUT2D eigenvalue weighted by atomic mass is 16.6. The number of likely N-dealkylation sites (tertiary alicyclic amines) is 1. The molecule has 0 aromatic rings. The van der Waals surface area contributed by atoms with Gasteiger partial charge in [-0.2, -0.15) is 0 Å². The fourth-order valence-corrected chi connectivity index (χ4v) is 2.45. The molecule has 6 nitrogen and oxygen atoms in total. The number of carboxylic acids is 1. The highest BCUT2D eigenvalue weighted by Crippen LogP contribution is 2.20. The van der Waals surface area contributed by atoms with Crippen molar-refractivity contribution < 1.29 is 19.4 Å². The molecule has 0 saturated carbocycles. The Bertz CT molecular complexity index is 321. The largest absolute Gasteiger partial charge is 0.478 e. The zero-order valence-corrected chi connectivity index (χ0v) is 9.96. The molecule has 6 heteroatoms. The van der Waals surface area contributed by atoms with Crippen molar-refractivity contribution in [3.63, 3.8) is 0 Å². The van der Waals surface area contributed by atoms with Crippen molar-refractivity contribution >= 4 is 12.1 Å². The lowest BCUT2D eigenvalue weighted by Crippen LogP contribution is -2.33. The van der Waals surface area contributed by atoms with Gasteiger partial charge in [0.05, 0.1) is 6.54 Å². The lowest BCUT2D eigenvalue weighted by Gasteiger charge is -2.18. The van der Waals surface area contributed by atoms with Crippen molar-refractivity contribution in [2.75, 3.05) is 32.7 Å². The number of hydrogen-bond donors (Lipinski definition) is 1. The van der Waals surface area contributed by atoms with Gasteiger partial charge >= 0.3 is 12.1 Å². The van der Waals surface area contributed by atoms with Crippen LogP contribution < -0.4 is 0 Å². The second kappa shape index (κ2) is 4.91. The molecule has 17 heavy (non-hydrogen) atoms. The van der Waals surface area contributed by atoms with Crippen molar-refractivity contribution in [1.82, 2.24) is 9.80 Å². The van der Waals surface area contributed by atoms with Gasteiger partial charge in [0.25, 0.3) is 0 Å². The third-order valence-electron chi connectivity index (χ3n) is 3.46. The van der Waals surface area contributed by atoms with E-state index in [9.17, 15) is 9.59 Å². The number of hydrogen-bond acceptors (Lipinski definition) is 4. The number of nitrogens with zero attached hydrogens (tertiary/aromatic N) is 2. The minimum absolute atomic E-state index is 0.177. The van der Waals surface area contributed by atoms with E-state index >= 15 is 0 Å². The molecular weight excluding hydrogens is 224 g/mol. The van der Waals surface area contributed by atoms with Crippen LogP contribution in [0.25, 0.3) is 0 Å². The summed E-state index contributed by atoms with van der Waals surface area (Å²) in [5, 5.41) is 8.78. The molecule has 1 unspecified atom stereocenters. The van der Waals surface area contributed by atoms with E-state index in [1.54, 1.807) is 0 Å². The molecule has 2 rings (SSSR count). The van der Waals surface area contributed by atoms with Crippen molar-refractivity contribution in [3.05, 3.63) is 0 Å². The molecule has 2 saturated heterocycles. The number of rotatable bonds is 4. The third-order valence-corrected chi connectivity index (χ3v) is 3.46. The summed E-state index contributed by atoms with van der Waals surface area (Å²) in [4.78, 5) is 26.0. The van der Waals surface area contributed by atoms with Crippen LogP contribution in [0.4, 0.5) is 4.79 Å². The zero-order valence-electron chi connectivity index (χ0n) is 9.96. The van der Waals surface area contributed by atoms with Crippen LogP contribution in [0.3, 0.4) is 0 Å². The van der Waals surface area contributed by atoms with E-state index in [1.165, 1.54) is 4.90 Å². The summed E-state index contributed by atoms with van der Waals surface area (Å²) >= 11 is 0. The Hall–Kier alpha value is -1.30. The SMILES string of the molecule is CCN1CCC(CN2C[C@H](C(=O)O)OC2=O)C1. The predicted octanol–water partition coefficient (Wildman–Crippen LogP) is 0.234. The van der Waals surface area contributed by atoms with Gasteiger partial charge in [-0.1, -0.05) is 6.92 Å². The van der Waals surface area contributed by atoms with Crippen molar-refractivity contribution in [2.45, 2.75) is 19.4 Å². The number of amides is 1. The first-order valence-corrected chi connectivity index (χ1v) is 6.01. The first kappa shape index (κ1) is 12.2. The average Bonchev–Trinajstić information content (AvgIpc) is 2.87. The Kier molecular flexibility index (Phi) is 3.51. The molecule has 0 aromatic carbocycles. The second-order valence-electron chi connectivity index (χ2n) is 4.66. The molecule has 1 amide bonds. The number of aliphatic carboxylic acids is 1. The zero-order chi connectivity index (χ0) is 12.4. The molecule has 2 aliphatic heterocycles. The van der Waals surface area contributed by atoms with Gasteiger partial charge in [-0.05, 0) is 25.4 Å². The van der Waals surface area contributed by atoms with Gasteiger partial charge in [-0.3, -0.25) is 0 Å². The number of carboxylic acid groups (broad SMARTS) is 1. The van der Waals surface area contributed by atoms with Crippen LogP contribution in [0.15, 0.2) is 0 Å². The van der Waals surface area contributed by atoms with Gasteiger partial charge in [0, 0.05) is 13.1 Å². The highest BCUT2D eigenvalue weighted by molar-refractivity contribution is 5.81. The molecule has 0 bridgehead atoms. The van der Waals surface area contributed by atoms with Gasteiger partial charge in [-0.25, -0.2) is 9.59 Å². The summed E-state index contributed by atoms with van der Waals surface area (Å²) in [6.45, 7) is 5.98. The maximum atomic E-state index is 11.5. The summed E-state index contributed by atoms with van der Waals surface area (Å²) in [7, 11) is 0. The summed E-state index contributed by atoms with van der Waals surface area (Å²) in [6, 6.07) is 0. The van der Waals surface area contributed by atoms with Gasteiger partial charge in [0.2, 0.25) is 6.10 Å². The van der Waals surface area contributed by atoms with Crippen molar-refractivity contribution in [2.24, 2.45) is 5.92 Å². The lowest BCUT2D eigenvalue weighted by atomic mass is 10.1. The van der Waals surface area contributed by atoms with Crippen molar-refractivity contribution in [1.29, 1.82) is 0 Å². The second-order valence-corrected chi connectivity index (χ2v) is 4.66. The van der Waals surface area contributed by atoms with Crippen LogP contribution in [0.5, 0.6) is 0 Å². The van der Waals surface area contributed by atoms with Gasteiger partial charge in [0.15, 0.2) is 0 Å². The van der Waals surface area contributed by atoms with E-state index in [0.29, 0.717) is 12.5 Å². The Morgan fingerprint density at radius 3 is 2.82 bits per heavy atom. The van der Waals surface area contributed by atoms with Crippen LogP contribution in [-0.4, -0.2) is 65.8 Å². The first-order chi connectivity index (χ1) is 8.10. The number of cyclic esters (lactones) is 1. The smallest absolute Gasteiger partial charge is 0.410 e. The number of ether oxygens (including phenoxy) is 1. The van der Waals surface area contributed by atoms with Crippen LogP contribution in [0.2, 0.25) is 0 Å². The molecule has 0 spiro atoms. The molecule has 1 N–H and O–H groups in total. The Morgan fingerprint density at radius 2 is 2.29 bits per heavy atom. The monoisotopic (exact) mass is 242 g/mol. The standard InChI is InChI=1S/C11H18N2O4/c1-2-12-4-3-8(5-12)6-13-7-9(10(14)15)17-11(13)16/h8-9H,2-7H2,1H3,(H,14,15)/t8?,9-/m1/s1. The minimum Gasteiger partial charge on any atom is -0.478 e. The molecular formula is C11H18N2O4. The predicted molar refractivity (Wildman–Crippen MR) is 59.7 cm³/mol. The van der Waals surface area contributed by atoms with E-state index in [1.807, 2.05) is 0 Å². The molecule has 96 valence electrons. The lowest BCUT2D eigenvalue weighted by molar-refractivity contribution is -0.144. The van der Waals surface area contributed by atoms with Crippen LogP contribution in [0, 0.1) is 5.92 Å². The average molecular weight is 242 g/mol. The quantitative estimate of drug-likeness (QED) is 0.764. The van der Waals surface area contributed by atoms with Crippen LogP contribution >= 0.6 is 0 Å². The molecule has 0 radical (unpaired) electrons. The minimum atomic E-state index is -1.07. The van der Waals surface area contributed by atoms with Crippen LogP contribution in [-0.2, 0) is 9.53 Å². The number of carbonyl (C=O) groups is 2. The molecule has 2 fully saturated rings. The summed E-state index contributed by atoms with van der Waals surface area (Å²) < 4.78 is 4.77. The normalized spacial score (nSPS) is 29.7. The van der Waals surface area contributed by atoms with Crippen LogP contribution in [0.1, 0.15) is 13.3 Å². The van der Waals surface area contributed by atoms with E-state index < -0.39 is 18.2 Å². The molecule has 0 aliphatic carbocycles. The third kappa shape index (κ3) is 2.69. The fraction of sp³-hybridized carbons (Fsp3) is 0.818. The van der Waals surface area contributed by atoms with Gasteiger partial charge in [-0.15, -0.1) is 0 Å². The topological polar surface area (TPSA) is 70.1 Å². The molecule has 2 atom stereocenters. The van der Waals surface area contributed by atoms with E-state index in [0.717, 1.165) is 26.1 Å². The Labute approximate surface area is 100 Å². The maximum Gasteiger partial charge on any atom is 0.410 e. The fourth-order valence-electron chi connectivity index (χ4n) is 2.45. The van der Waals surface area contributed by atoms with E-state index in [4.69, 9.17) is 9.84 Å². The maximum absolute atomic E-state index is 11.5. The molecule has 2 heterocycles.